The summed E-state index contributed by atoms with van der Waals surface area (Å²) in [6, 6.07) is 20.5. The predicted molar refractivity (Wildman–Crippen MR) is 132 cm³/mol. The highest BCUT2D eigenvalue weighted by atomic mass is 35.5. The van der Waals surface area contributed by atoms with Crippen LogP contribution in [0, 0.1) is 12.7 Å². The van der Waals surface area contributed by atoms with E-state index >= 15 is 0 Å². The first-order valence-electron chi connectivity index (χ1n) is 11.1. The smallest absolute Gasteiger partial charge is 0.322 e. The van der Waals surface area contributed by atoms with Gasteiger partial charge in [-0.3, -0.25) is 4.90 Å². The van der Waals surface area contributed by atoms with Gasteiger partial charge in [0, 0.05) is 21.8 Å². The first-order chi connectivity index (χ1) is 16.9. The molecule has 1 N–H and O–H groups in total. The molecule has 1 atom stereocenters. The average molecular weight is 489 g/mol. The van der Waals surface area contributed by atoms with Gasteiger partial charge in [-0.05, 0) is 43.7 Å². The van der Waals surface area contributed by atoms with Crippen molar-refractivity contribution in [2.75, 3.05) is 0 Å². The molecule has 0 bridgehead atoms. The second kappa shape index (κ2) is 9.35. The highest BCUT2D eigenvalue weighted by molar-refractivity contribution is 6.30. The van der Waals surface area contributed by atoms with Gasteiger partial charge in [-0.15, -0.1) is 0 Å². The zero-order valence-corrected chi connectivity index (χ0v) is 19.9. The molecule has 0 saturated carbocycles. The fourth-order valence-corrected chi connectivity index (χ4v) is 4.31. The zero-order valence-electron chi connectivity index (χ0n) is 19.1. The van der Waals surface area contributed by atoms with Crippen molar-refractivity contribution in [3.8, 4) is 11.4 Å². The molecule has 0 saturated heterocycles. The van der Waals surface area contributed by atoms with E-state index in [1.165, 1.54) is 11.0 Å². The van der Waals surface area contributed by atoms with Gasteiger partial charge in [-0.2, -0.15) is 4.98 Å². The Labute approximate surface area is 207 Å². The highest BCUT2D eigenvalue weighted by Crippen LogP contribution is 2.38. The Morgan fingerprint density at radius 2 is 1.83 bits per heavy atom. The number of nitrogens with one attached hydrogen (secondary N) is 1. The van der Waals surface area contributed by atoms with Crippen LogP contribution in [-0.4, -0.2) is 21.1 Å². The second-order valence-electron chi connectivity index (χ2n) is 8.40. The molecule has 0 spiro atoms. The number of allylic oxidation sites excluding steroid dienone is 1. The number of rotatable bonds is 5. The van der Waals surface area contributed by atoms with Crippen LogP contribution in [0.3, 0.4) is 0 Å². The summed E-state index contributed by atoms with van der Waals surface area (Å²) in [7, 11) is 0. The Morgan fingerprint density at radius 3 is 2.57 bits per heavy atom. The van der Waals surface area contributed by atoms with Crippen LogP contribution in [0.15, 0.2) is 83.0 Å². The molecular formula is C27H22ClFN4O2. The summed E-state index contributed by atoms with van der Waals surface area (Å²) >= 11 is 6.09. The van der Waals surface area contributed by atoms with E-state index in [1.807, 2.05) is 43.3 Å². The predicted octanol–water partition coefficient (Wildman–Crippen LogP) is 6.54. The van der Waals surface area contributed by atoms with Gasteiger partial charge in [0.05, 0.1) is 18.2 Å². The lowest BCUT2D eigenvalue weighted by molar-refractivity contribution is 0.202. The molecule has 0 aliphatic carbocycles. The third kappa shape index (κ3) is 4.55. The normalized spacial score (nSPS) is 15.9. The summed E-state index contributed by atoms with van der Waals surface area (Å²) in [6.45, 7) is 3.85. The molecule has 6 nitrogen and oxygen atoms in total. The monoisotopic (exact) mass is 488 g/mol. The maximum Gasteiger partial charge on any atom is 0.322 e. The standard InChI is InChI=1S/C27H22ClFN4O2/c1-16-6-5-8-19(14-16)25-31-26(35-32-25)23-17(2)33(15-20-7-3-4-9-22(20)29)27(34)30-24(23)18-10-12-21(28)13-11-18/h3-14,24H,15H2,1-2H3,(H,30,34). The van der Waals surface area contributed by atoms with Crippen molar-refractivity contribution in [1.29, 1.82) is 0 Å². The molecule has 1 aliphatic rings. The summed E-state index contributed by atoms with van der Waals surface area (Å²) in [5.74, 6) is 0.336. The van der Waals surface area contributed by atoms with Gasteiger partial charge >= 0.3 is 6.03 Å². The number of benzene rings is 3. The largest absolute Gasteiger partial charge is 0.334 e. The van der Waals surface area contributed by atoms with Gasteiger partial charge in [0.1, 0.15) is 5.82 Å². The maximum atomic E-state index is 14.4. The van der Waals surface area contributed by atoms with Gasteiger partial charge in [0.15, 0.2) is 0 Å². The molecule has 0 radical (unpaired) electrons. The van der Waals surface area contributed by atoms with E-state index in [-0.39, 0.29) is 24.3 Å². The number of aromatic nitrogens is 2. The fourth-order valence-electron chi connectivity index (χ4n) is 4.19. The molecule has 2 amide bonds. The Kier molecular flexibility index (Phi) is 6.09. The summed E-state index contributed by atoms with van der Waals surface area (Å²) in [5, 5.41) is 7.79. The lowest BCUT2D eigenvalue weighted by Gasteiger charge is -2.35. The van der Waals surface area contributed by atoms with Gasteiger partial charge in [0.2, 0.25) is 5.82 Å². The molecule has 1 unspecified atom stereocenters. The van der Waals surface area contributed by atoms with Crippen LogP contribution in [0.25, 0.3) is 17.0 Å². The minimum Gasteiger partial charge on any atom is -0.334 e. The van der Waals surface area contributed by atoms with Crippen molar-refractivity contribution in [3.63, 3.8) is 0 Å². The average Bonchev–Trinajstić information content (AvgIpc) is 3.33. The molecular weight excluding hydrogens is 467 g/mol. The van der Waals surface area contributed by atoms with Crippen molar-refractivity contribution in [2.45, 2.75) is 26.4 Å². The van der Waals surface area contributed by atoms with Crippen molar-refractivity contribution in [1.82, 2.24) is 20.4 Å². The number of nitrogens with zero attached hydrogens (tertiary/aromatic N) is 3. The maximum absolute atomic E-state index is 14.4. The van der Waals surface area contributed by atoms with Crippen molar-refractivity contribution < 1.29 is 13.7 Å². The lowest BCUT2D eigenvalue weighted by Crippen LogP contribution is -2.45. The molecule has 2 heterocycles. The molecule has 0 fully saturated rings. The quantitative estimate of drug-likeness (QED) is 0.346. The van der Waals surface area contributed by atoms with Gasteiger partial charge in [0.25, 0.3) is 5.89 Å². The van der Waals surface area contributed by atoms with Gasteiger partial charge in [-0.1, -0.05) is 70.9 Å². The fraction of sp³-hybridized carbons (Fsp3) is 0.148. The number of halogens is 2. The molecule has 1 aliphatic heterocycles. The molecule has 176 valence electrons. The first-order valence-corrected chi connectivity index (χ1v) is 11.5. The third-order valence-corrected chi connectivity index (χ3v) is 6.27. The number of hydrogen-bond donors (Lipinski definition) is 1. The second-order valence-corrected chi connectivity index (χ2v) is 8.84. The van der Waals surface area contributed by atoms with Crippen LogP contribution in [0.5, 0.6) is 0 Å². The number of hydrogen-bond acceptors (Lipinski definition) is 4. The molecule has 5 rings (SSSR count). The Bertz CT molecular complexity index is 1430. The highest BCUT2D eigenvalue weighted by Gasteiger charge is 2.36. The minimum atomic E-state index is -0.553. The summed E-state index contributed by atoms with van der Waals surface area (Å²) in [6.07, 6.45) is 0. The van der Waals surface area contributed by atoms with Crippen LogP contribution in [0.1, 0.15) is 35.5 Å². The van der Waals surface area contributed by atoms with E-state index in [0.29, 0.717) is 27.7 Å². The number of urea groups is 1. The van der Waals surface area contributed by atoms with E-state index < -0.39 is 6.04 Å². The third-order valence-electron chi connectivity index (χ3n) is 6.02. The lowest BCUT2D eigenvalue weighted by atomic mass is 9.94. The number of aryl methyl sites for hydroxylation is 1. The zero-order chi connectivity index (χ0) is 24.5. The summed E-state index contributed by atoms with van der Waals surface area (Å²) in [4.78, 5) is 19.3. The van der Waals surface area contributed by atoms with Crippen molar-refractivity contribution >= 4 is 23.2 Å². The van der Waals surface area contributed by atoms with Crippen LogP contribution in [0.2, 0.25) is 5.02 Å². The minimum absolute atomic E-state index is 0.0556. The molecule has 1 aromatic heterocycles. The van der Waals surface area contributed by atoms with Gasteiger partial charge < -0.3 is 9.84 Å². The Balaban J connectivity index is 1.61. The Morgan fingerprint density at radius 1 is 1.06 bits per heavy atom. The number of carbonyl (C=O) groups excluding carboxylic acids is 1. The molecule has 8 heteroatoms. The summed E-state index contributed by atoms with van der Waals surface area (Å²) in [5.41, 5.74) is 4.33. The Hall–Kier alpha value is -3.97. The van der Waals surface area contributed by atoms with Crippen LogP contribution in [0.4, 0.5) is 9.18 Å². The van der Waals surface area contributed by atoms with Crippen molar-refractivity contribution in [2.24, 2.45) is 0 Å². The SMILES string of the molecule is CC1=C(c2nc(-c3cccc(C)c3)no2)C(c2ccc(Cl)cc2)NC(=O)N1Cc1ccccc1F. The molecule has 3 aromatic carbocycles. The number of amides is 2. The topological polar surface area (TPSA) is 71.3 Å². The van der Waals surface area contributed by atoms with E-state index in [1.54, 1.807) is 37.3 Å². The van der Waals surface area contributed by atoms with Gasteiger partial charge in [-0.25, -0.2) is 9.18 Å². The molecule has 4 aromatic rings. The van der Waals surface area contributed by atoms with Crippen molar-refractivity contribution in [3.05, 3.63) is 112 Å². The van der Waals surface area contributed by atoms with Crippen LogP contribution >= 0.6 is 11.6 Å². The van der Waals surface area contributed by atoms with Crippen LogP contribution in [-0.2, 0) is 6.54 Å². The first kappa shape index (κ1) is 22.8. The van der Waals surface area contributed by atoms with E-state index in [2.05, 4.69) is 15.5 Å². The van der Waals surface area contributed by atoms with E-state index in [9.17, 15) is 9.18 Å². The summed E-state index contributed by atoms with van der Waals surface area (Å²) < 4.78 is 20.1. The van der Waals surface area contributed by atoms with E-state index in [0.717, 1.165) is 16.7 Å². The number of carbonyl (C=O) groups is 1. The molecule has 35 heavy (non-hydrogen) atoms. The van der Waals surface area contributed by atoms with Crippen LogP contribution < -0.4 is 5.32 Å². The van der Waals surface area contributed by atoms with E-state index in [4.69, 9.17) is 16.1 Å².